The van der Waals surface area contributed by atoms with Crippen LogP contribution in [0.5, 0.6) is 5.75 Å². The van der Waals surface area contributed by atoms with Gasteiger partial charge in [0.05, 0.1) is 17.6 Å². The third kappa shape index (κ3) is 2.76. The average molecular weight is 282 g/mol. The maximum absolute atomic E-state index is 8.82. The van der Waals surface area contributed by atoms with Gasteiger partial charge in [-0.1, -0.05) is 12.1 Å². The highest BCUT2D eigenvalue weighted by Crippen LogP contribution is 2.25. The van der Waals surface area contributed by atoms with Crippen LogP contribution in [0.1, 0.15) is 11.1 Å². The van der Waals surface area contributed by atoms with Crippen molar-refractivity contribution in [3.8, 4) is 17.1 Å². The number of rotatable bonds is 4. The van der Waals surface area contributed by atoms with Gasteiger partial charge in [-0.25, -0.2) is 4.98 Å². The predicted molar refractivity (Wildman–Crippen MR) is 83.6 cm³/mol. The zero-order chi connectivity index (χ0) is 14.8. The summed E-state index contributed by atoms with van der Waals surface area (Å²) in [6.07, 6.45) is 0. The SMILES string of the molecule is Cc1cc2nc(-c3cccc(OCCO)c3)[nH]c2cc1C. The highest BCUT2D eigenvalue weighted by Gasteiger charge is 2.07. The summed E-state index contributed by atoms with van der Waals surface area (Å²) in [6.45, 7) is 4.49. The van der Waals surface area contributed by atoms with Gasteiger partial charge >= 0.3 is 0 Å². The number of H-pyrrole nitrogens is 1. The third-order valence-electron chi connectivity index (χ3n) is 3.56. The number of imidazole rings is 1. The van der Waals surface area contributed by atoms with Crippen molar-refractivity contribution in [3.05, 3.63) is 47.5 Å². The van der Waals surface area contributed by atoms with Crippen LogP contribution >= 0.6 is 0 Å². The van der Waals surface area contributed by atoms with Crippen molar-refractivity contribution in [2.24, 2.45) is 0 Å². The van der Waals surface area contributed by atoms with Crippen LogP contribution in [-0.2, 0) is 0 Å². The molecule has 1 heterocycles. The van der Waals surface area contributed by atoms with Crippen molar-refractivity contribution in [3.63, 3.8) is 0 Å². The van der Waals surface area contributed by atoms with E-state index in [-0.39, 0.29) is 6.61 Å². The van der Waals surface area contributed by atoms with Crippen LogP contribution in [0.15, 0.2) is 36.4 Å². The Balaban J connectivity index is 2.00. The van der Waals surface area contributed by atoms with Gasteiger partial charge in [0.25, 0.3) is 0 Å². The van der Waals surface area contributed by atoms with Gasteiger partial charge in [0.2, 0.25) is 0 Å². The standard InChI is InChI=1S/C17H18N2O2/c1-11-8-15-16(9-12(11)2)19-17(18-15)13-4-3-5-14(10-13)21-7-6-20/h3-5,8-10,20H,6-7H2,1-2H3,(H,18,19). The molecule has 0 aliphatic rings. The van der Waals surface area contributed by atoms with E-state index < -0.39 is 0 Å². The van der Waals surface area contributed by atoms with E-state index in [9.17, 15) is 0 Å². The molecule has 0 atom stereocenters. The second-order valence-electron chi connectivity index (χ2n) is 5.14. The number of nitrogens with one attached hydrogen (secondary N) is 1. The molecule has 3 rings (SSSR count). The lowest BCUT2D eigenvalue weighted by atomic mass is 10.1. The Morgan fingerprint density at radius 1 is 1.14 bits per heavy atom. The van der Waals surface area contributed by atoms with Crippen LogP contribution in [0.2, 0.25) is 0 Å². The van der Waals surface area contributed by atoms with Gasteiger partial charge in [-0.15, -0.1) is 0 Å². The summed E-state index contributed by atoms with van der Waals surface area (Å²) in [5.74, 6) is 1.55. The van der Waals surface area contributed by atoms with E-state index in [0.29, 0.717) is 6.61 Å². The normalized spacial score (nSPS) is 11.0. The maximum Gasteiger partial charge on any atom is 0.138 e. The van der Waals surface area contributed by atoms with Crippen LogP contribution < -0.4 is 4.74 Å². The molecule has 2 N–H and O–H groups in total. The summed E-state index contributed by atoms with van der Waals surface area (Å²) in [6, 6.07) is 11.9. The topological polar surface area (TPSA) is 58.1 Å². The minimum Gasteiger partial charge on any atom is -0.491 e. The molecule has 21 heavy (non-hydrogen) atoms. The number of ether oxygens (including phenoxy) is 1. The summed E-state index contributed by atoms with van der Waals surface area (Å²) in [5, 5.41) is 8.82. The van der Waals surface area contributed by atoms with E-state index >= 15 is 0 Å². The molecular weight excluding hydrogens is 264 g/mol. The van der Waals surface area contributed by atoms with Crippen LogP contribution in [0.25, 0.3) is 22.4 Å². The molecule has 0 saturated heterocycles. The fraction of sp³-hybridized carbons (Fsp3) is 0.235. The number of aromatic nitrogens is 2. The van der Waals surface area contributed by atoms with E-state index in [2.05, 4.69) is 35.9 Å². The molecule has 0 amide bonds. The van der Waals surface area contributed by atoms with Crippen molar-refractivity contribution in [2.45, 2.75) is 13.8 Å². The lowest BCUT2D eigenvalue weighted by Crippen LogP contribution is -2.01. The van der Waals surface area contributed by atoms with Crippen LogP contribution in [0.3, 0.4) is 0 Å². The molecule has 2 aromatic carbocycles. The van der Waals surface area contributed by atoms with E-state index in [1.54, 1.807) is 0 Å². The van der Waals surface area contributed by atoms with E-state index in [0.717, 1.165) is 28.2 Å². The summed E-state index contributed by atoms with van der Waals surface area (Å²) in [5.41, 5.74) is 5.46. The molecule has 0 spiro atoms. The Kier molecular flexibility index (Phi) is 3.62. The summed E-state index contributed by atoms with van der Waals surface area (Å²) in [7, 11) is 0. The first-order chi connectivity index (χ1) is 10.2. The number of aryl methyl sites for hydroxylation is 2. The molecule has 0 aliphatic heterocycles. The second kappa shape index (κ2) is 5.58. The van der Waals surface area contributed by atoms with Gasteiger partial charge in [0.1, 0.15) is 18.2 Å². The number of aliphatic hydroxyl groups excluding tert-OH is 1. The van der Waals surface area contributed by atoms with Gasteiger partial charge in [-0.05, 0) is 49.2 Å². The number of aliphatic hydroxyl groups is 1. The molecule has 0 saturated carbocycles. The Bertz CT molecular complexity index is 739. The predicted octanol–water partition coefficient (Wildman–Crippen LogP) is 3.22. The lowest BCUT2D eigenvalue weighted by Gasteiger charge is -2.05. The Hall–Kier alpha value is -2.33. The molecule has 0 unspecified atom stereocenters. The van der Waals surface area contributed by atoms with Gasteiger partial charge in [0.15, 0.2) is 0 Å². The molecule has 0 aliphatic carbocycles. The van der Waals surface area contributed by atoms with Crippen LogP contribution in [0, 0.1) is 13.8 Å². The molecule has 3 aromatic rings. The van der Waals surface area contributed by atoms with Gasteiger partial charge < -0.3 is 14.8 Å². The first kappa shape index (κ1) is 13.6. The number of aromatic amines is 1. The second-order valence-corrected chi connectivity index (χ2v) is 5.14. The highest BCUT2D eigenvalue weighted by atomic mass is 16.5. The maximum atomic E-state index is 8.82. The number of benzene rings is 2. The molecule has 4 nitrogen and oxygen atoms in total. The van der Waals surface area contributed by atoms with Gasteiger partial charge in [0, 0.05) is 5.56 Å². The van der Waals surface area contributed by atoms with Crippen molar-refractivity contribution in [2.75, 3.05) is 13.2 Å². The zero-order valence-electron chi connectivity index (χ0n) is 12.2. The molecule has 0 fully saturated rings. The number of hydrogen-bond donors (Lipinski definition) is 2. The van der Waals surface area contributed by atoms with E-state index in [4.69, 9.17) is 9.84 Å². The average Bonchev–Trinajstić information content (AvgIpc) is 2.89. The first-order valence-electron chi connectivity index (χ1n) is 6.98. The molecule has 0 bridgehead atoms. The Morgan fingerprint density at radius 2 is 1.95 bits per heavy atom. The van der Waals surface area contributed by atoms with Crippen LogP contribution in [0.4, 0.5) is 0 Å². The third-order valence-corrected chi connectivity index (χ3v) is 3.56. The smallest absolute Gasteiger partial charge is 0.138 e. The minimum atomic E-state index is 0.00736. The summed E-state index contributed by atoms with van der Waals surface area (Å²) < 4.78 is 5.44. The molecule has 4 heteroatoms. The first-order valence-corrected chi connectivity index (χ1v) is 6.98. The number of nitrogens with zero attached hydrogens (tertiary/aromatic N) is 1. The van der Waals surface area contributed by atoms with Crippen molar-refractivity contribution in [1.29, 1.82) is 0 Å². The highest BCUT2D eigenvalue weighted by molar-refractivity contribution is 5.81. The van der Waals surface area contributed by atoms with E-state index in [1.165, 1.54) is 11.1 Å². The lowest BCUT2D eigenvalue weighted by molar-refractivity contribution is 0.201. The summed E-state index contributed by atoms with van der Waals surface area (Å²) in [4.78, 5) is 7.99. The van der Waals surface area contributed by atoms with Gasteiger partial charge in [-0.3, -0.25) is 0 Å². The number of hydrogen-bond acceptors (Lipinski definition) is 3. The molecular formula is C17H18N2O2. The van der Waals surface area contributed by atoms with Crippen molar-refractivity contribution < 1.29 is 9.84 Å². The summed E-state index contributed by atoms with van der Waals surface area (Å²) >= 11 is 0. The van der Waals surface area contributed by atoms with E-state index in [1.807, 2.05) is 24.3 Å². The fourth-order valence-electron chi connectivity index (χ4n) is 2.30. The Labute approximate surface area is 123 Å². The quantitative estimate of drug-likeness (QED) is 0.772. The largest absolute Gasteiger partial charge is 0.491 e. The monoisotopic (exact) mass is 282 g/mol. The Morgan fingerprint density at radius 3 is 2.76 bits per heavy atom. The molecule has 1 aromatic heterocycles. The number of fused-ring (bicyclic) bond motifs is 1. The van der Waals surface area contributed by atoms with Crippen LogP contribution in [-0.4, -0.2) is 28.3 Å². The minimum absolute atomic E-state index is 0.00736. The fourth-order valence-corrected chi connectivity index (χ4v) is 2.30. The molecule has 108 valence electrons. The van der Waals surface area contributed by atoms with Crippen molar-refractivity contribution >= 4 is 11.0 Å². The van der Waals surface area contributed by atoms with Gasteiger partial charge in [-0.2, -0.15) is 0 Å². The molecule has 0 radical (unpaired) electrons. The van der Waals surface area contributed by atoms with Crippen molar-refractivity contribution in [1.82, 2.24) is 9.97 Å². The zero-order valence-corrected chi connectivity index (χ0v) is 12.2.